The van der Waals surface area contributed by atoms with Gasteiger partial charge in [0.25, 0.3) is 0 Å². The van der Waals surface area contributed by atoms with Crippen molar-refractivity contribution in [1.29, 1.82) is 0 Å². The number of aromatic nitrogens is 2. The van der Waals surface area contributed by atoms with Crippen molar-refractivity contribution in [3.8, 4) is 5.75 Å². The van der Waals surface area contributed by atoms with Crippen LogP contribution in [-0.4, -0.2) is 33.6 Å². The number of imidazole rings is 1. The molecular formula is C22H21N3O4. The second kappa shape index (κ2) is 8.97. The Kier molecular flexibility index (Phi) is 6.19. The van der Waals surface area contributed by atoms with E-state index in [2.05, 4.69) is 10.3 Å². The molecule has 0 aliphatic rings. The quantitative estimate of drug-likeness (QED) is 0.595. The minimum absolute atomic E-state index is 0.0106. The van der Waals surface area contributed by atoms with Gasteiger partial charge in [-0.1, -0.05) is 0 Å². The Balaban J connectivity index is 1.48. The molecule has 1 heterocycles. The molecule has 0 spiro atoms. The number of carbonyl (C=O) groups excluding carboxylic acids is 3. The van der Waals surface area contributed by atoms with Crippen LogP contribution in [0.1, 0.15) is 39.9 Å². The number of hydrogen-bond donors (Lipinski definition) is 1. The van der Waals surface area contributed by atoms with Crippen LogP contribution < -0.4 is 10.1 Å². The van der Waals surface area contributed by atoms with Gasteiger partial charge in [-0.2, -0.15) is 0 Å². The Hall–Kier alpha value is -3.74. The maximum atomic E-state index is 12.4. The van der Waals surface area contributed by atoms with Crippen LogP contribution in [0.5, 0.6) is 5.75 Å². The number of nitrogens with zero attached hydrogens (tertiary/aromatic N) is 2. The summed E-state index contributed by atoms with van der Waals surface area (Å²) in [7, 11) is 1.76. The molecule has 3 aromatic rings. The van der Waals surface area contributed by atoms with E-state index in [1.54, 1.807) is 72.5 Å². The lowest BCUT2D eigenvalue weighted by molar-refractivity contribution is -0.116. The summed E-state index contributed by atoms with van der Waals surface area (Å²) in [6.07, 6.45) is 3.45. The Morgan fingerprint density at radius 2 is 1.66 bits per heavy atom. The Morgan fingerprint density at radius 3 is 2.24 bits per heavy atom. The average molecular weight is 391 g/mol. The first-order valence-electron chi connectivity index (χ1n) is 9.10. The Labute approximate surface area is 168 Å². The summed E-state index contributed by atoms with van der Waals surface area (Å²) in [4.78, 5) is 39.8. The van der Waals surface area contributed by atoms with Gasteiger partial charge in [0.05, 0.1) is 13.0 Å². The van der Waals surface area contributed by atoms with E-state index in [4.69, 9.17) is 4.74 Å². The second-order valence-corrected chi connectivity index (χ2v) is 6.50. The van der Waals surface area contributed by atoms with E-state index in [9.17, 15) is 14.4 Å². The van der Waals surface area contributed by atoms with Gasteiger partial charge in [-0.15, -0.1) is 0 Å². The lowest BCUT2D eigenvalue weighted by Crippen LogP contribution is -2.15. The number of amides is 1. The smallest absolute Gasteiger partial charge is 0.228 e. The SMILES string of the molecule is CC(=O)c1ccc(OCCC(=O)Nc2ccc(C(=O)c3nccn3C)cc2)cc1. The van der Waals surface area contributed by atoms with Gasteiger partial charge in [0, 0.05) is 36.3 Å². The third kappa shape index (κ3) is 5.16. The molecule has 0 fully saturated rings. The molecule has 0 aliphatic heterocycles. The monoisotopic (exact) mass is 391 g/mol. The second-order valence-electron chi connectivity index (χ2n) is 6.50. The van der Waals surface area contributed by atoms with Crippen LogP contribution in [0.2, 0.25) is 0 Å². The van der Waals surface area contributed by atoms with E-state index in [0.717, 1.165) is 0 Å². The standard InChI is InChI=1S/C22H21N3O4/c1-15(26)16-5-9-19(10-6-16)29-14-11-20(27)24-18-7-3-17(4-8-18)21(28)22-23-12-13-25(22)2/h3-10,12-13H,11,14H2,1-2H3,(H,24,27). The minimum atomic E-state index is -0.200. The number of ether oxygens (including phenoxy) is 1. The van der Waals surface area contributed by atoms with Gasteiger partial charge in [0.2, 0.25) is 11.7 Å². The van der Waals surface area contributed by atoms with Crippen molar-refractivity contribution >= 4 is 23.2 Å². The van der Waals surface area contributed by atoms with E-state index >= 15 is 0 Å². The van der Waals surface area contributed by atoms with Crippen molar-refractivity contribution in [2.45, 2.75) is 13.3 Å². The molecule has 0 bridgehead atoms. The van der Waals surface area contributed by atoms with Gasteiger partial charge in [0.15, 0.2) is 11.6 Å². The van der Waals surface area contributed by atoms with E-state index in [1.807, 2.05) is 0 Å². The van der Waals surface area contributed by atoms with Gasteiger partial charge in [-0.25, -0.2) is 4.98 Å². The highest BCUT2D eigenvalue weighted by atomic mass is 16.5. The molecule has 0 atom stereocenters. The van der Waals surface area contributed by atoms with Gasteiger partial charge >= 0.3 is 0 Å². The molecule has 2 aromatic carbocycles. The van der Waals surface area contributed by atoms with E-state index in [1.165, 1.54) is 6.92 Å². The summed E-state index contributed by atoms with van der Waals surface area (Å²) in [5, 5.41) is 2.77. The summed E-state index contributed by atoms with van der Waals surface area (Å²) < 4.78 is 7.18. The van der Waals surface area contributed by atoms with Crippen LogP contribution in [0, 0.1) is 0 Å². The zero-order valence-electron chi connectivity index (χ0n) is 16.2. The summed E-state index contributed by atoms with van der Waals surface area (Å²) >= 11 is 0. The molecule has 148 valence electrons. The topological polar surface area (TPSA) is 90.3 Å². The molecule has 7 nitrogen and oxygen atoms in total. The molecule has 7 heteroatoms. The molecule has 1 amide bonds. The van der Waals surface area contributed by atoms with Crippen molar-refractivity contribution in [2.24, 2.45) is 7.05 Å². The number of Topliss-reactive ketones (excluding diaryl/α,β-unsaturated/α-hetero) is 1. The number of ketones is 2. The summed E-state index contributed by atoms with van der Waals surface area (Å²) in [5.41, 5.74) is 1.70. The zero-order chi connectivity index (χ0) is 20.8. The highest BCUT2D eigenvalue weighted by molar-refractivity contribution is 6.07. The van der Waals surface area contributed by atoms with E-state index in [0.29, 0.717) is 28.4 Å². The summed E-state index contributed by atoms with van der Waals surface area (Å²) in [5.74, 6) is 0.562. The van der Waals surface area contributed by atoms with E-state index in [-0.39, 0.29) is 30.5 Å². The fourth-order valence-corrected chi connectivity index (χ4v) is 2.69. The predicted molar refractivity (Wildman–Crippen MR) is 108 cm³/mol. The Morgan fingerprint density at radius 1 is 1.00 bits per heavy atom. The van der Waals surface area contributed by atoms with Crippen LogP contribution in [-0.2, 0) is 11.8 Å². The van der Waals surface area contributed by atoms with Crippen molar-refractivity contribution in [3.05, 3.63) is 77.9 Å². The van der Waals surface area contributed by atoms with Crippen LogP contribution in [0.25, 0.3) is 0 Å². The third-order valence-electron chi connectivity index (χ3n) is 4.31. The van der Waals surface area contributed by atoms with Gasteiger partial charge in [-0.3, -0.25) is 14.4 Å². The lowest BCUT2D eigenvalue weighted by atomic mass is 10.1. The molecule has 1 aromatic heterocycles. The van der Waals surface area contributed by atoms with Crippen molar-refractivity contribution in [1.82, 2.24) is 9.55 Å². The summed E-state index contributed by atoms with van der Waals surface area (Å²) in [6, 6.07) is 13.4. The third-order valence-corrected chi connectivity index (χ3v) is 4.31. The molecule has 0 saturated heterocycles. The molecule has 0 saturated carbocycles. The molecule has 29 heavy (non-hydrogen) atoms. The van der Waals surface area contributed by atoms with Crippen molar-refractivity contribution in [2.75, 3.05) is 11.9 Å². The fourth-order valence-electron chi connectivity index (χ4n) is 2.69. The number of hydrogen-bond acceptors (Lipinski definition) is 5. The van der Waals surface area contributed by atoms with Gasteiger partial charge in [0.1, 0.15) is 5.75 Å². The van der Waals surface area contributed by atoms with Crippen LogP contribution >= 0.6 is 0 Å². The molecule has 3 rings (SSSR count). The van der Waals surface area contributed by atoms with Gasteiger partial charge < -0.3 is 14.6 Å². The van der Waals surface area contributed by atoms with E-state index < -0.39 is 0 Å². The van der Waals surface area contributed by atoms with Crippen molar-refractivity contribution < 1.29 is 19.1 Å². The maximum absolute atomic E-state index is 12.4. The largest absolute Gasteiger partial charge is 0.493 e. The number of nitrogens with one attached hydrogen (secondary N) is 1. The minimum Gasteiger partial charge on any atom is -0.493 e. The lowest BCUT2D eigenvalue weighted by Gasteiger charge is -2.08. The first-order valence-corrected chi connectivity index (χ1v) is 9.10. The highest BCUT2D eigenvalue weighted by Crippen LogP contribution is 2.15. The van der Waals surface area contributed by atoms with Crippen LogP contribution in [0.4, 0.5) is 5.69 Å². The zero-order valence-corrected chi connectivity index (χ0v) is 16.2. The molecule has 0 unspecified atom stereocenters. The normalized spacial score (nSPS) is 10.4. The number of anilines is 1. The van der Waals surface area contributed by atoms with Gasteiger partial charge in [-0.05, 0) is 55.5 Å². The number of benzene rings is 2. The predicted octanol–water partition coefficient (Wildman–Crippen LogP) is 3.26. The highest BCUT2D eigenvalue weighted by Gasteiger charge is 2.13. The first-order chi connectivity index (χ1) is 13.9. The number of rotatable bonds is 8. The van der Waals surface area contributed by atoms with Crippen LogP contribution in [0.15, 0.2) is 60.9 Å². The summed E-state index contributed by atoms with van der Waals surface area (Å²) in [6.45, 7) is 1.71. The average Bonchev–Trinajstić information content (AvgIpc) is 3.14. The first kappa shape index (κ1) is 20.0. The number of carbonyl (C=O) groups is 3. The molecule has 1 N–H and O–H groups in total. The van der Waals surface area contributed by atoms with Crippen LogP contribution in [0.3, 0.4) is 0 Å². The Bertz CT molecular complexity index is 1020. The number of aryl methyl sites for hydroxylation is 1. The molecule has 0 radical (unpaired) electrons. The maximum Gasteiger partial charge on any atom is 0.228 e. The molecule has 0 aliphatic carbocycles. The fraction of sp³-hybridized carbons (Fsp3) is 0.182. The molecular weight excluding hydrogens is 370 g/mol. The van der Waals surface area contributed by atoms with Crippen molar-refractivity contribution in [3.63, 3.8) is 0 Å².